The maximum Gasteiger partial charge on any atom is 4.00 e. The van der Waals surface area contributed by atoms with Gasteiger partial charge >= 0.3 is 21.7 Å². The molecule has 5 heteroatoms. The van der Waals surface area contributed by atoms with Gasteiger partial charge < -0.3 is 43.6 Å². The first-order valence-corrected chi connectivity index (χ1v) is 10.4. The fourth-order valence-electron chi connectivity index (χ4n) is 4.21. The molecule has 0 bridgehead atoms. The third kappa shape index (κ3) is 5.00. The number of hydrogen-bond donors (Lipinski definition) is 0. The van der Waals surface area contributed by atoms with Gasteiger partial charge in [-0.25, -0.2) is 0 Å². The van der Waals surface area contributed by atoms with Gasteiger partial charge in [-0.1, -0.05) is 79.3 Å². The van der Waals surface area contributed by atoms with Crippen LogP contribution < -0.4 is 42.4 Å². The number of fused-ring (bicyclic) bond motifs is 1. The Morgan fingerprint density at radius 2 is 1.48 bits per heavy atom. The van der Waals surface area contributed by atoms with Gasteiger partial charge in [0, 0.05) is 0 Å². The van der Waals surface area contributed by atoms with Crippen molar-refractivity contribution in [3.63, 3.8) is 0 Å². The van der Waals surface area contributed by atoms with Crippen molar-refractivity contribution >= 4 is 13.3 Å². The van der Waals surface area contributed by atoms with Crippen molar-refractivity contribution in [3.8, 4) is 0 Å². The molecule has 0 N–H and O–H groups in total. The van der Waals surface area contributed by atoms with Crippen molar-refractivity contribution in [2.24, 2.45) is 17.8 Å². The zero-order valence-electron chi connectivity index (χ0n) is 13.7. The molecule has 4 atom stereocenters. The Bertz CT molecular complexity index is 516. The minimum atomic E-state index is -1.43. The van der Waals surface area contributed by atoms with Crippen molar-refractivity contribution in [2.45, 2.75) is 25.6 Å². The molecule has 1 aromatic carbocycles. The topological polar surface area (TPSA) is 0 Å². The maximum atomic E-state index is 2.58. The van der Waals surface area contributed by atoms with Crippen LogP contribution in [0, 0.1) is 24.2 Å². The minimum absolute atomic E-state index is 0. The predicted molar refractivity (Wildman–Crippen MR) is 86.0 cm³/mol. The molecule has 0 saturated heterocycles. The molecule has 4 unspecified atom stereocenters. The molecular weight excluding hydrogens is 399 g/mol. The average Bonchev–Trinajstić information content (AvgIpc) is 2.76. The Hall–Kier alpha value is 0.501. The number of rotatable bonds is 2. The van der Waals surface area contributed by atoms with E-state index < -0.39 is 8.07 Å². The van der Waals surface area contributed by atoms with E-state index >= 15 is 0 Å². The van der Waals surface area contributed by atoms with E-state index in [1.807, 2.05) is 0 Å². The first-order chi connectivity index (χ1) is 9.10. The monoisotopic (exact) mass is 420 g/mol. The largest absolute Gasteiger partial charge is 4.00 e. The van der Waals surface area contributed by atoms with Crippen LogP contribution >= 0.6 is 0 Å². The van der Waals surface area contributed by atoms with Gasteiger partial charge in [0.05, 0.1) is 8.07 Å². The van der Waals surface area contributed by atoms with E-state index in [0.29, 0.717) is 5.92 Å². The molecule has 0 radical (unpaired) electrons. The van der Waals surface area contributed by atoms with Crippen LogP contribution in [0.5, 0.6) is 0 Å². The first-order valence-electron chi connectivity index (χ1n) is 7.36. The molecule has 0 aliphatic heterocycles. The quantitative estimate of drug-likeness (QED) is 0.332. The Labute approximate surface area is 175 Å². The third-order valence-corrected chi connectivity index (χ3v) is 9.48. The molecule has 0 aromatic heterocycles. The molecule has 124 valence electrons. The average molecular weight is 422 g/mol. The van der Waals surface area contributed by atoms with Gasteiger partial charge in [-0.15, -0.1) is 12.0 Å². The summed E-state index contributed by atoms with van der Waals surface area (Å²) in [7, 11) is -1.43. The normalized spacial score (nSPS) is 27.6. The zero-order valence-corrected chi connectivity index (χ0v) is 18.5. The number of allylic oxidation sites excluding steroid dienone is 4. The predicted octanol–water partition coefficient (Wildman–Crippen LogP) is -4.81. The van der Waals surface area contributed by atoms with Crippen LogP contribution in [0.25, 0.3) is 0 Å². The van der Waals surface area contributed by atoms with Crippen molar-refractivity contribution in [2.75, 3.05) is 0 Å². The minimum Gasteiger partial charge on any atom is -1.00 e. The SMILES string of the molecule is CC1[CH-]C2C=CC=CC2C1[Si](C)(C)c1ccccc1.[Cl-].[Cl-].[Cl-].[Ti+4]. The molecule has 1 fully saturated rings. The number of halogens is 3. The van der Waals surface area contributed by atoms with E-state index in [1.165, 1.54) is 0 Å². The summed E-state index contributed by atoms with van der Waals surface area (Å²) >= 11 is 0. The molecule has 0 heterocycles. The molecule has 23 heavy (non-hydrogen) atoms. The van der Waals surface area contributed by atoms with Crippen molar-refractivity contribution < 1.29 is 58.9 Å². The first kappa shape index (κ1) is 25.7. The summed E-state index contributed by atoms with van der Waals surface area (Å²) in [6.07, 6.45) is 11.9. The van der Waals surface area contributed by atoms with Crippen molar-refractivity contribution in [1.82, 2.24) is 0 Å². The van der Waals surface area contributed by atoms with Gasteiger partial charge in [-0.3, -0.25) is 0 Å². The summed E-state index contributed by atoms with van der Waals surface area (Å²) < 4.78 is 0. The van der Waals surface area contributed by atoms with E-state index in [4.69, 9.17) is 0 Å². The van der Waals surface area contributed by atoms with E-state index in [2.05, 4.69) is 81.1 Å². The van der Waals surface area contributed by atoms with Gasteiger partial charge in [0.25, 0.3) is 0 Å². The summed E-state index contributed by atoms with van der Waals surface area (Å²) in [5.74, 6) is 2.12. The summed E-state index contributed by atoms with van der Waals surface area (Å²) in [6, 6.07) is 11.2. The van der Waals surface area contributed by atoms with E-state index in [1.54, 1.807) is 5.19 Å². The van der Waals surface area contributed by atoms with Gasteiger partial charge in [0.1, 0.15) is 0 Å². The summed E-state index contributed by atoms with van der Waals surface area (Å²) in [5.41, 5.74) is 0.820. The van der Waals surface area contributed by atoms with Crippen LogP contribution in [0.4, 0.5) is 0 Å². The maximum absolute atomic E-state index is 2.58. The standard InChI is InChI=1S/C18H23Si.3ClH.Ti/c1-14-13-15-9-7-8-12-17(15)18(14)19(2,3)16-10-5-4-6-11-16;;;;/h4-15,17-18H,1-3H3;3*1H;/q-1;;;;+4/p-3. The van der Waals surface area contributed by atoms with E-state index in [9.17, 15) is 0 Å². The van der Waals surface area contributed by atoms with Gasteiger partial charge in [-0.05, 0) is 5.92 Å². The Kier molecular flexibility index (Phi) is 11.7. The van der Waals surface area contributed by atoms with Crippen LogP contribution in [0.3, 0.4) is 0 Å². The Morgan fingerprint density at radius 3 is 2.09 bits per heavy atom. The summed E-state index contributed by atoms with van der Waals surface area (Å²) in [6.45, 7) is 7.51. The Morgan fingerprint density at radius 1 is 0.913 bits per heavy atom. The molecular formula is C18H23Cl3SiTi. The molecule has 2 aliphatic carbocycles. The molecule has 0 nitrogen and oxygen atoms in total. The van der Waals surface area contributed by atoms with Crippen LogP contribution in [-0.2, 0) is 21.7 Å². The molecule has 2 aliphatic rings. The molecule has 3 rings (SSSR count). The van der Waals surface area contributed by atoms with Gasteiger partial charge in [-0.2, -0.15) is 5.92 Å². The van der Waals surface area contributed by atoms with Crippen LogP contribution in [0.1, 0.15) is 6.92 Å². The third-order valence-electron chi connectivity index (χ3n) is 5.08. The Balaban J connectivity index is 0. The van der Waals surface area contributed by atoms with E-state index in [-0.39, 0.29) is 58.9 Å². The summed E-state index contributed by atoms with van der Waals surface area (Å²) in [4.78, 5) is 0. The van der Waals surface area contributed by atoms with Crippen LogP contribution in [0.2, 0.25) is 18.6 Å². The van der Waals surface area contributed by atoms with E-state index in [0.717, 1.165) is 17.4 Å². The van der Waals surface area contributed by atoms with Crippen molar-refractivity contribution in [1.29, 1.82) is 0 Å². The smallest absolute Gasteiger partial charge is 1.00 e. The second-order valence-corrected chi connectivity index (χ2v) is 11.3. The zero-order chi connectivity index (χ0) is 13.5. The van der Waals surface area contributed by atoms with Crippen LogP contribution in [0.15, 0.2) is 54.6 Å². The number of hydrogen-bond acceptors (Lipinski definition) is 0. The fraction of sp³-hybridized carbons (Fsp3) is 0.389. The molecule has 0 amide bonds. The fourth-order valence-corrected chi connectivity index (χ4v) is 8.37. The summed E-state index contributed by atoms with van der Waals surface area (Å²) in [5, 5.41) is 1.60. The van der Waals surface area contributed by atoms with Crippen molar-refractivity contribution in [3.05, 3.63) is 61.1 Å². The van der Waals surface area contributed by atoms with Gasteiger partial charge in [0.2, 0.25) is 0 Å². The molecule has 0 spiro atoms. The van der Waals surface area contributed by atoms with Gasteiger partial charge in [0.15, 0.2) is 0 Å². The number of benzene rings is 1. The van der Waals surface area contributed by atoms with Crippen LogP contribution in [-0.4, -0.2) is 8.07 Å². The molecule has 1 saturated carbocycles. The second-order valence-electron chi connectivity index (χ2n) is 6.59. The molecule has 1 aromatic rings. The second kappa shape index (κ2) is 10.5.